The fourth-order valence-electron chi connectivity index (χ4n) is 1.86. The molecule has 1 amide bonds. The zero-order valence-electron chi connectivity index (χ0n) is 10.3. The van der Waals surface area contributed by atoms with Crippen LogP contribution < -0.4 is 11.5 Å². The van der Waals surface area contributed by atoms with Gasteiger partial charge in [-0.1, -0.05) is 0 Å². The summed E-state index contributed by atoms with van der Waals surface area (Å²) in [5.41, 5.74) is 11.5. The molecule has 0 saturated carbocycles. The Balaban J connectivity index is 2.38. The lowest BCUT2D eigenvalue weighted by molar-refractivity contribution is 0.1000. The highest BCUT2D eigenvalue weighted by Crippen LogP contribution is 2.23. The van der Waals surface area contributed by atoms with Gasteiger partial charge >= 0.3 is 0 Å². The number of hydrogen-bond acceptors (Lipinski definition) is 4. The molecule has 4 N–H and O–H groups in total. The lowest BCUT2D eigenvalue weighted by Gasteiger charge is -2.19. The van der Waals surface area contributed by atoms with Gasteiger partial charge in [-0.25, -0.2) is 0 Å². The van der Waals surface area contributed by atoms with Gasteiger partial charge in [-0.3, -0.25) is 9.48 Å². The van der Waals surface area contributed by atoms with Crippen molar-refractivity contribution in [2.24, 2.45) is 11.5 Å². The average Bonchev–Trinajstić information content (AvgIpc) is 2.88. The quantitative estimate of drug-likeness (QED) is 0.836. The number of rotatable bonds is 4. The topological polar surface area (TPSA) is 100 Å². The summed E-state index contributed by atoms with van der Waals surface area (Å²) in [4.78, 5) is 11.1. The van der Waals surface area contributed by atoms with Crippen LogP contribution >= 0.6 is 0 Å². The Hall–Kier alpha value is -2.08. The number of aromatic nitrogens is 2. The molecule has 2 rings (SSSR count). The molecule has 0 radical (unpaired) electrons. The van der Waals surface area contributed by atoms with E-state index in [4.69, 9.17) is 15.9 Å². The Labute approximate surface area is 105 Å². The summed E-state index contributed by atoms with van der Waals surface area (Å²) in [5.74, 6) is 1.000. The maximum absolute atomic E-state index is 11.1. The third-order valence-electron chi connectivity index (χ3n) is 2.72. The molecule has 0 aromatic carbocycles. The van der Waals surface area contributed by atoms with Crippen molar-refractivity contribution in [1.29, 1.82) is 0 Å². The predicted molar refractivity (Wildman–Crippen MR) is 66.0 cm³/mol. The first-order valence-corrected chi connectivity index (χ1v) is 5.65. The van der Waals surface area contributed by atoms with Crippen LogP contribution in [0.15, 0.2) is 28.9 Å². The third kappa shape index (κ3) is 2.28. The van der Waals surface area contributed by atoms with Gasteiger partial charge in [-0.15, -0.1) is 0 Å². The predicted octanol–water partition coefficient (Wildman–Crippen LogP) is 0.820. The van der Waals surface area contributed by atoms with Crippen LogP contribution in [-0.2, 0) is 0 Å². The first-order chi connectivity index (χ1) is 8.49. The minimum atomic E-state index is -0.514. The Kier molecular flexibility index (Phi) is 3.20. The van der Waals surface area contributed by atoms with Crippen LogP contribution in [0.3, 0.4) is 0 Å². The monoisotopic (exact) mass is 248 g/mol. The van der Waals surface area contributed by atoms with Crippen molar-refractivity contribution in [3.8, 4) is 0 Å². The Morgan fingerprint density at radius 2 is 2.22 bits per heavy atom. The van der Waals surface area contributed by atoms with E-state index in [0.29, 0.717) is 11.3 Å². The zero-order valence-corrected chi connectivity index (χ0v) is 10.3. The van der Waals surface area contributed by atoms with Gasteiger partial charge in [0.05, 0.1) is 11.8 Å². The number of aryl methyl sites for hydroxylation is 1. The van der Waals surface area contributed by atoms with E-state index in [1.54, 1.807) is 10.9 Å². The number of furan rings is 1. The number of primary amides is 1. The molecule has 2 atom stereocenters. The highest BCUT2D eigenvalue weighted by atomic mass is 16.3. The lowest BCUT2D eigenvalue weighted by Crippen LogP contribution is -2.30. The van der Waals surface area contributed by atoms with Crippen LogP contribution in [0.5, 0.6) is 0 Å². The molecular weight excluding hydrogens is 232 g/mol. The smallest absolute Gasteiger partial charge is 0.251 e. The fourth-order valence-corrected chi connectivity index (χ4v) is 1.86. The fraction of sp³-hybridized carbons (Fsp3) is 0.333. The summed E-state index contributed by atoms with van der Waals surface area (Å²) < 4.78 is 7.17. The second-order valence-electron chi connectivity index (χ2n) is 4.33. The maximum atomic E-state index is 11.1. The summed E-state index contributed by atoms with van der Waals surface area (Å²) in [6.45, 7) is 3.72. The number of amides is 1. The molecule has 0 saturated heterocycles. The molecule has 0 aliphatic rings. The number of carbonyl (C=O) groups excluding carboxylic acids is 1. The van der Waals surface area contributed by atoms with E-state index in [0.717, 1.165) is 5.76 Å². The van der Waals surface area contributed by atoms with E-state index >= 15 is 0 Å². The summed E-state index contributed by atoms with van der Waals surface area (Å²) in [7, 11) is 0. The van der Waals surface area contributed by atoms with Crippen molar-refractivity contribution in [1.82, 2.24) is 9.78 Å². The van der Waals surface area contributed by atoms with Crippen molar-refractivity contribution < 1.29 is 9.21 Å². The van der Waals surface area contributed by atoms with Crippen LogP contribution in [0.1, 0.15) is 34.8 Å². The highest BCUT2D eigenvalue weighted by molar-refractivity contribution is 5.92. The standard InChI is InChI=1S/C12H16N4O2/c1-7-3-4-10(18-7)11(8(2)13)16-6-9(5-15-16)12(14)17/h3-6,8,11H,13H2,1-2H3,(H2,14,17). The molecule has 96 valence electrons. The van der Waals surface area contributed by atoms with Crippen LogP contribution in [0.2, 0.25) is 0 Å². The molecule has 0 aliphatic carbocycles. The van der Waals surface area contributed by atoms with Gasteiger partial charge in [-0.05, 0) is 26.0 Å². The van der Waals surface area contributed by atoms with Crippen LogP contribution in [-0.4, -0.2) is 21.7 Å². The molecule has 0 bridgehead atoms. The number of nitrogens with two attached hydrogens (primary N) is 2. The third-order valence-corrected chi connectivity index (χ3v) is 2.72. The molecule has 0 aliphatic heterocycles. The zero-order chi connectivity index (χ0) is 13.3. The molecule has 0 fully saturated rings. The van der Waals surface area contributed by atoms with Crippen molar-refractivity contribution in [3.63, 3.8) is 0 Å². The Bertz CT molecular complexity index is 556. The van der Waals surface area contributed by atoms with Crippen molar-refractivity contribution in [2.45, 2.75) is 25.9 Å². The van der Waals surface area contributed by atoms with Gasteiger partial charge in [0.15, 0.2) is 0 Å². The summed E-state index contributed by atoms with van der Waals surface area (Å²) in [5, 5.41) is 4.12. The van der Waals surface area contributed by atoms with Crippen molar-refractivity contribution in [3.05, 3.63) is 41.6 Å². The molecule has 2 heterocycles. The second-order valence-corrected chi connectivity index (χ2v) is 4.33. The van der Waals surface area contributed by atoms with E-state index < -0.39 is 5.91 Å². The minimum Gasteiger partial charge on any atom is -0.464 e. The SMILES string of the molecule is Cc1ccc(C(C(C)N)n2cc(C(N)=O)cn2)o1. The normalized spacial score (nSPS) is 14.4. The van der Waals surface area contributed by atoms with Gasteiger partial charge in [0.1, 0.15) is 17.6 Å². The molecular formula is C12H16N4O2. The van der Waals surface area contributed by atoms with Gasteiger partial charge < -0.3 is 15.9 Å². The highest BCUT2D eigenvalue weighted by Gasteiger charge is 2.23. The number of carbonyl (C=O) groups is 1. The first kappa shape index (κ1) is 12.4. The van der Waals surface area contributed by atoms with Crippen LogP contribution in [0, 0.1) is 6.92 Å². The largest absolute Gasteiger partial charge is 0.464 e. The van der Waals surface area contributed by atoms with E-state index in [-0.39, 0.29) is 12.1 Å². The number of nitrogens with zero attached hydrogens (tertiary/aromatic N) is 2. The van der Waals surface area contributed by atoms with Crippen molar-refractivity contribution in [2.75, 3.05) is 0 Å². The second kappa shape index (κ2) is 4.66. The Morgan fingerprint density at radius 1 is 1.50 bits per heavy atom. The molecule has 6 nitrogen and oxygen atoms in total. The molecule has 18 heavy (non-hydrogen) atoms. The maximum Gasteiger partial charge on any atom is 0.251 e. The Morgan fingerprint density at radius 3 is 2.67 bits per heavy atom. The summed E-state index contributed by atoms with van der Waals surface area (Å²) in [6, 6.07) is 3.25. The molecule has 0 spiro atoms. The molecule has 2 unspecified atom stereocenters. The lowest BCUT2D eigenvalue weighted by atomic mass is 10.1. The first-order valence-electron chi connectivity index (χ1n) is 5.65. The van der Waals surface area contributed by atoms with Crippen LogP contribution in [0.25, 0.3) is 0 Å². The summed E-state index contributed by atoms with van der Waals surface area (Å²) in [6.07, 6.45) is 3.00. The van der Waals surface area contributed by atoms with Crippen molar-refractivity contribution >= 4 is 5.91 Å². The van der Waals surface area contributed by atoms with E-state index in [1.165, 1.54) is 6.20 Å². The average molecular weight is 248 g/mol. The number of hydrogen-bond donors (Lipinski definition) is 2. The van der Waals surface area contributed by atoms with Gasteiger partial charge in [-0.2, -0.15) is 5.10 Å². The molecule has 2 aromatic heterocycles. The van der Waals surface area contributed by atoms with E-state index in [1.807, 2.05) is 26.0 Å². The summed E-state index contributed by atoms with van der Waals surface area (Å²) >= 11 is 0. The molecule has 2 aromatic rings. The molecule has 6 heteroatoms. The minimum absolute atomic E-state index is 0.212. The van der Waals surface area contributed by atoms with E-state index in [9.17, 15) is 4.79 Å². The van der Waals surface area contributed by atoms with E-state index in [2.05, 4.69) is 5.10 Å². The van der Waals surface area contributed by atoms with Gasteiger partial charge in [0.2, 0.25) is 0 Å². The van der Waals surface area contributed by atoms with Gasteiger partial charge in [0.25, 0.3) is 5.91 Å². The van der Waals surface area contributed by atoms with Crippen LogP contribution in [0.4, 0.5) is 0 Å². The van der Waals surface area contributed by atoms with Gasteiger partial charge in [0, 0.05) is 12.2 Å².